The smallest absolute Gasteiger partial charge is 0.388 e. The first-order valence-corrected chi connectivity index (χ1v) is 14.7. The molecule has 1 fully saturated rings. The van der Waals surface area contributed by atoms with E-state index in [1.165, 1.54) is 24.3 Å². The fourth-order valence-corrected chi connectivity index (χ4v) is 6.64. The molecule has 6 rings (SSSR count). The Bertz CT molecular complexity index is 1530. The first-order chi connectivity index (χ1) is 20.2. The second-order valence-electron chi connectivity index (χ2n) is 11.7. The van der Waals surface area contributed by atoms with E-state index in [1.54, 1.807) is 12.1 Å². The van der Waals surface area contributed by atoms with Crippen molar-refractivity contribution >= 4 is 5.82 Å². The Morgan fingerprint density at radius 2 is 1.55 bits per heavy atom. The SMILES string of the molecule is CC1CC(O)c2c(nc(C3CCCC3)c(Cc3ccc(C(F)(F)F)cc3)c2-c2ccc(F)cc2)N1Cc1ccccc1. The lowest BCUT2D eigenvalue weighted by molar-refractivity contribution is -0.137. The van der Waals surface area contributed by atoms with Crippen molar-refractivity contribution in [3.8, 4) is 11.1 Å². The van der Waals surface area contributed by atoms with Gasteiger partial charge in [-0.25, -0.2) is 9.37 Å². The van der Waals surface area contributed by atoms with Gasteiger partial charge in [0, 0.05) is 24.1 Å². The Hall–Kier alpha value is -3.71. The zero-order chi connectivity index (χ0) is 29.4. The molecular formula is C35H34F4N2O. The van der Waals surface area contributed by atoms with Crippen LogP contribution in [0.2, 0.25) is 0 Å². The molecule has 1 aliphatic carbocycles. The summed E-state index contributed by atoms with van der Waals surface area (Å²) < 4.78 is 54.1. The van der Waals surface area contributed by atoms with Gasteiger partial charge in [0.25, 0.3) is 0 Å². The van der Waals surface area contributed by atoms with Gasteiger partial charge in [0.05, 0.1) is 17.4 Å². The van der Waals surface area contributed by atoms with Gasteiger partial charge >= 0.3 is 6.18 Å². The lowest BCUT2D eigenvalue weighted by atomic mass is 9.82. The van der Waals surface area contributed by atoms with Crippen LogP contribution in [-0.4, -0.2) is 16.1 Å². The molecule has 1 N–H and O–H groups in total. The van der Waals surface area contributed by atoms with Crippen LogP contribution in [0.5, 0.6) is 0 Å². The molecule has 3 nitrogen and oxygen atoms in total. The van der Waals surface area contributed by atoms with Crippen LogP contribution in [0.1, 0.15) is 84.6 Å². The normalized spacial score (nSPS) is 19.2. The average Bonchev–Trinajstić information content (AvgIpc) is 3.51. The fraction of sp³-hybridized carbons (Fsp3) is 0.343. The van der Waals surface area contributed by atoms with E-state index in [4.69, 9.17) is 4.98 Å². The number of pyridine rings is 1. The van der Waals surface area contributed by atoms with E-state index < -0.39 is 17.8 Å². The molecule has 1 aromatic heterocycles. The fourth-order valence-electron chi connectivity index (χ4n) is 6.64. The second-order valence-corrected chi connectivity index (χ2v) is 11.7. The number of halogens is 4. The zero-order valence-corrected chi connectivity index (χ0v) is 23.5. The number of fused-ring (bicyclic) bond motifs is 1. The maximum absolute atomic E-state index is 14.1. The number of benzene rings is 3. The van der Waals surface area contributed by atoms with Crippen molar-refractivity contribution in [2.24, 2.45) is 0 Å². The van der Waals surface area contributed by atoms with Gasteiger partial charge in [-0.2, -0.15) is 13.2 Å². The van der Waals surface area contributed by atoms with Gasteiger partial charge in [0.15, 0.2) is 0 Å². The molecule has 0 radical (unpaired) electrons. The van der Waals surface area contributed by atoms with Crippen molar-refractivity contribution in [1.82, 2.24) is 4.98 Å². The molecule has 0 bridgehead atoms. The molecule has 4 aromatic rings. The monoisotopic (exact) mass is 574 g/mol. The molecule has 0 amide bonds. The number of rotatable bonds is 6. The summed E-state index contributed by atoms with van der Waals surface area (Å²) in [4.78, 5) is 7.60. The van der Waals surface area contributed by atoms with Gasteiger partial charge in [0.1, 0.15) is 11.6 Å². The van der Waals surface area contributed by atoms with E-state index in [9.17, 15) is 22.7 Å². The van der Waals surface area contributed by atoms with Crippen LogP contribution in [0, 0.1) is 5.82 Å². The summed E-state index contributed by atoms with van der Waals surface area (Å²) in [6.45, 7) is 2.72. The second kappa shape index (κ2) is 11.5. The van der Waals surface area contributed by atoms with Gasteiger partial charge in [0.2, 0.25) is 0 Å². The van der Waals surface area contributed by atoms with E-state index in [2.05, 4.69) is 24.0 Å². The summed E-state index contributed by atoms with van der Waals surface area (Å²) in [5, 5.41) is 11.6. The largest absolute Gasteiger partial charge is 0.416 e. The highest BCUT2D eigenvalue weighted by molar-refractivity contribution is 5.79. The predicted octanol–water partition coefficient (Wildman–Crippen LogP) is 8.99. The van der Waals surface area contributed by atoms with Crippen LogP contribution in [-0.2, 0) is 19.1 Å². The first-order valence-electron chi connectivity index (χ1n) is 14.7. The zero-order valence-electron chi connectivity index (χ0n) is 23.5. The van der Waals surface area contributed by atoms with Crippen LogP contribution < -0.4 is 4.90 Å². The minimum atomic E-state index is -4.41. The number of alkyl halides is 3. The third-order valence-corrected chi connectivity index (χ3v) is 8.78. The summed E-state index contributed by atoms with van der Waals surface area (Å²) in [6, 6.07) is 21.8. The molecule has 42 heavy (non-hydrogen) atoms. The average molecular weight is 575 g/mol. The van der Waals surface area contributed by atoms with Crippen LogP contribution in [0.15, 0.2) is 78.9 Å². The summed E-state index contributed by atoms with van der Waals surface area (Å²) in [6.07, 6.45) is -0.224. The Morgan fingerprint density at radius 3 is 2.19 bits per heavy atom. The van der Waals surface area contributed by atoms with Crippen LogP contribution >= 0.6 is 0 Å². The van der Waals surface area contributed by atoms with Crippen LogP contribution in [0.4, 0.5) is 23.4 Å². The molecular weight excluding hydrogens is 540 g/mol. The third kappa shape index (κ3) is 5.67. The Labute approximate surface area is 243 Å². The number of nitrogens with zero attached hydrogens (tertiary/aromatic N) is 2. The van der Waals surface area contributed by atoms with Crippen LogP contribution in [0.3, 0.4) is 0 Å². The van der Waals surface area contributed by atoms with Gasteiger partial charge in [-0.3, -0.25) is 0 Å². The van der Waals surface area contributed by atoms with E-state index in [-0.39, 0.29) is 17.8 Å². The van der Waals surface area contributed by atoms with Crippen molar-refractivity contribution in [2.75, 3.05) is 4.90 Å². The molecule has 1 saturated carbocycles. The Morgan fingerprint density at radius 1 is 0.881 bits per heavy atom. The molecule has 1 aliphatic heterocycles. The highest BCUT2D eigenvalue weighted by Gasteiger charge is 2.37. The standard InChI is InChI=1S/C35H34F4N2O/c1-22-19-30(42)32-31(25-13-17-28(36)18-14-25)29(20-23-11-15-27(16-12-23)35(37,38)39)33(26-9-5-6-10-26)40-34(32)41(22)21-24-7-3-2-4-8-24/h2-4,7-8,11-18,22,26,30,42H,5-6,9-10,19-21H2,1H3. The topological polar surface area (TPSA) is 36.4 Å². The molecule has 218 valence electrons. The van der Waals surface area contributed by atoms with E-state index in [1.807, 2.05) is 18.2 Å². The summed E-state index contributed by atoms with van der Waals surface area (Å²) >= 11 is 0. The molecule has 0 saturated heterocycles. The summed E-state index contributed by atoms with van der Waals surface area (Å²) in [7, 11) is 0. The summed E-state index contributed by atoms with van der Waals surface area (Å²) in [5.41, 5.74) is 5.30. The number of aliphatic hydroxyl groups excluding tert-OH is 1. The maximum Gasteiger partial charge on any atom is 0.416 e. The number of hydrogen-bond acceptors (Lipinski definition) is 3. The Balaban J connectivity index is 1.57. The molecule has 3 aromatic carbocycles. The van der Waals surface area contributed by atoms with Crippen LogP contribution in [0.25, 0.3) is 11.1 Å². The van der Waals surface area contributed by atoms with Crippen molar-refractivity contribution in [1.29, 1.82) is 0 Å². The molecule has 7 heteroatoms. The molecule has 2 unspecified atom stereocenters. The predicted molar refractivity (Wildman–Crippen MR) is 157 cm³/mol. The maximum atomic E-state index is 14.1. The van der Waals surface area contributed by atoms with Crippen molar-refractivity contribution in [2.45, 2.75) is 76.2 Å². The highest BCUT2D eigenvalue weighted by Crippen LogP contribution is 2.48. The highest BCUT2D eigenvalue weighted by atomic mass is 19.4. The lowest BCUT2D eigenvalue weighted by Crippen LogP contribution is -2.40. The molecule has 2 heterocycles. The molecule has 0 spiro atoms. The number of aromatic nitrogens is 1. The minimum Gasteiger partial charge on any atom is -0.388 e. The van der Waals surface area contributed by atoms with Crippen molar-refractivity contribution in [3.63, 3.8) is 0 Å². The van der Waals surface area contributed by atoms with Gasteiger partial charge < -0.3 is 10.0 Å². The molecule has 2 aliphatic rings. The third-order valence-electron chi connectivity index (χ3n) is 8.78. The molecule has 2 atom stereocenters. The van der Waals surface area contributed by atoms with E-state index >= 15 is 0 Å². The number of aliphatic hydroxyl groups is 1. The van der Waals surface area contributed by atoms with Gasteiger partial charge in [-0.1, -0.05) is 67.4 Å². The number of hydrogen-bond donors (Lipinski definition) is 1. The van der Waals surface area contributed by atoms with E-state index in [0.717, 1.165) is 77.1 Å². The number of anilines is 1. The van der Waals surface area contributed by atoms with Gasteiger partial charge in [-0.05, 0) is 84.7 Å². The van der Waals surface area contributed by atoms with E-state index in [0.29, 0.717) is 24.9 Å². The van der Waals surface area contributed by atoms with Crippen molar-refractivity contribution < 1.29 is 22.7 Å². The Kier molecular flexibility index (Phi) is 7.79. The summed E-state index contributed by atoms with van der Waals surface area (Å²) in [5.74, 6) is 0.580. The first kappa shape index (κ1) is 28.4. The van der Waals surface area contributed by atoms with Crippen molar-refractivity contribution in [3.05, 3.63) is 118 Å². The lowest BCUT2D eigenvalue weighted by Gasteiger charge is -2.41. The quantitative estimate of drug-likeness (QED) is 0.234. The minimum absolute atomic E-state index is 0.0264. The van der Waals surface area contributed by atoms with Gasteiger partial charge in [-0.15, -0.1) is 0 Å².